The topological polar surface area (TPSA) is 116 Å². The molecule has 1 aliphatic rings. The van der Waals surface area contributed by atoms with Crippen molar-refractivity contribution in [3.63, 3.8) is 0 Å². The van der Waals surface area contributed by atoms with E-state index in [4.69, 9.17) is 4.98 Å². The third-order valence-electron chi connectivity index (χ3n) is 5.56. The minimum Gasteiger partial charge on any atom is -0.337 e. The molecule has 0 aliphatic carbocycles. The van der Waals surface area contributed by atoms with Gasteiger partial charge in [-0.2, -0.15) is 5.10 Å². The van der Waals surface area contributed by atoms with Gasteiger partial charge in [0, 0.05) is 5.39 Å². The van der Waals surface area contributed by atoms with E-state index < -0.39 is 11.3 Å². The second-order valence-corrected chi connectivity index (χ2v) is 7.84. The molecule has 5 rings (SSSR count). The molecule has 3 heterocycles. The molecular formula is C21H20N6O3. The molecule has 4 aromatic rings. The van der Waals surface area contributed by atoms with Crippen molar-refractivity contribution in [2.75, 3.05) is 18.6 Å². The van der Waals surface area contributed by atoms with Crippen molar-refractivity contribution >= 4 is 39.4 Å². The zero-order valence-corrected chi connectivity index (χ0v) is 16.7. The van der Waals surface area contributed by atoms with Gasteiger partial charge in [-0.3, -0.25) is 19.5 Å². The zero-order valence-electron chi connectivity index (χ0n) is 16.7. The Bertz CT molecular complexity index is 1320. The monoisotopic (exact) mass is 404 g/mol. The number of carbonyl (C=O) groups excluding carboxylic acids is 2. The van der Waals surface area contributed by atoms with Crippen LogP contribution in [0, 0.1) is 0 Å². The number of H-pyrrole nitrogens is 2. The summed E-state index contributed by atoms with van der Waals surface area (Å²) in [5.41, 5.74) is 6.17. The fraction of sp³-hybridized carbons (Fsp3) is 0.238. The molecule has 0 saturated heterocycles. The Morgan fingerprint density at radius 2 is 2.03 bits per heavy atom. The first kappa shape index (κ1) is 18.3. The Morgan fingerprint density at radius 1 is 1.23 bits per heavy atom. The summed E-state index contributed by atoms with van der Waals surface area (Å²) in [5, 5.41) is 8.39. The lowest BCUT2D eigenvalue weighted by atomic mass is 9.86. The number of nitrogens with one attached hydrogen (secondary N) is 3. The van der Waals surface area contributed by atoms with E-state index in [1.807, 2.05) is 50.2 Å². The Kier molecular flexibility index (Phi) is 3.90. The van der Waals surface area contributed by atoms with Gasteiger partial charge in [-0.15, -0.1) is 0 Å². The van der Waals surface area contributed by atoms with E-state index in [-0.39, 0.29) is 12.5 Å². The highest BCUT2D eigenvalue weighted by atomic mass is 16.6. The first-order chi connectivity index (χ1) is 14.4. The molecule has 1 aliphatic heterocycles. The van der Waals surface area contributed by atoms with Crippen molar-refractivity contribution in [2.45, 2.75) is 19.3 Å². The van der Waals surface area contributed by atoms with Gasteiger partial charge in [0.25, 0.3) is 5.91 Å². The van der Waals surface area contributed by atoms with Gasteiger partial charge >= 0.3 is 0 Å². The molecule has 0 radical (unpaired) electrons. The van der Waals surface area contributed by atoms with E-state index in [0.717, 1.165) is 27.7 Å². The summed E-state index contributed by atoms with van der Waals surface area (Å²) in [6, 6.07) is 11.6. The lowest BCUT2D eigenvalue weighted by molar-refractivity contribution is -0.132. The van der Waals surface area contributed by atoms with Crippen LogP contribution in [0.25, 0.3) is 33.5 Å². The van der Waals surface area contributed by atoms with Crippen molar-refractivity contribution in [1.82, 2.24) is 25.6 Å². The number of aromatic amines is 2. The molecule has 0 unspecified atom stereocenters. The summed E-state index contributed by atoms with van der Waals surface area (Å²) in [6.45, 7) is 3.58. The highest BCUT2D eigenvalue weighted by Gasteiger charge is 2.45. The smallest absolute Gasteiger partial charge is 0.263 e. The molecule has 0 saturated carbocycles. The standard InChI is InChI=1S/C21H20N6O3/c1-21(2)12-8-14-15(9-16(12)27(20(21)29)10-17(28)26-30-3)23-19(22-14)18-11-6-4-5-7-13(11)24-25-18/h4-9H,10H2,1-3H3,(H,22,23)(H,24,25)(H,26,28). The molecule has 2 amide bonds. The molecule has 3 N–H and O–H groups in total. The molecular weight excluding hydrogens is 384 g/mol. The fourth-order valence-corrected chi connectivity index (χ4v) is 4.03. The average molecular weight is 404 g/mol. The Balaban J connectivity index is 1.62. The van der Waals surface area contributed by atoms with Crippen LogP contribution in [0.3, 0.4) is 0 Å². The summed E-state index contributed by atoms with van der Waals surface area (Å²) in [7, 11) is 1.36. The number of hydrogen-bond donors (Lipinski definition) is 3. The Hall–Kier alpha value is -3.72. The number of carbonyl (C=O) groups is 2. The molecule has 30 heavy (non-hydrogen) atoms. The van der Waals surface area contributed by atoms with Gasteiger partial charge in [-0.05, 0) is 37.6 Å². The summed E-state index contributed by atoms with van der Waals surface area (Å²) in [4.78, 5) is 39.2. The molecule has 0 spiro atoms. The number of anilines is 1. The van der Waals surface area contributed by atoms with E-state index in [0.29, 0.717) is 17.0 Å². The number of hydroxylamine groups is 1. The number of imidazole rings is 1. The van der Waals surface area contributed by atoms with Gasteiger partial charge in [0.15, 0.2) is 5.82 Å². The van der Waals surface area contributed by atoms with Gasteiger partial charge < -0.3 is 9.88 Å². The normalized spacial score (nSPS) is 15.2. The summed E-state index contributed by atoms with van der Waals surface area (Å²) < 4.78 is 0. The summed E-state index contributed by atoms with van der Waals surface area (Å²) in [6.07, 6.45) is 0. The van der Waals surface area contributed by atoms with Crippen LogP contribution in [0.4, 0.5) is 5.69 Å². The molecule has 2 aromatic carbocycles. The van der Waals surface area contributed by atoms with Crippen molar-refractivity contribution in [3.8, 4) is 11.5 Å². The maximum Gasteiger partial charge on any atom is 0.263 e. The molecule has 2 aromatic heterocycles. The minimum atomic E-state index is -0.763. The predicted molar refractivity (Wildman–Crippen MR) is 112 cm³/mol. The molecule has 0 atom stereocenters. The van der Waals surface area contributed by atoms with Crippen molar-refractivity contribution in [2.24, 2.45) is 0 Å². The van der Waals surface area contributed by atoms with Crippen molar-refractivity contribution in [1.29, 1.82) is 0 Å². The SMILES string of the molecule is CONC(=O)CN1C(=O)C(C)(C)c2cc3[nH]c(-c4n[nH]c5ccccc45)nc3cc21. The van der Waals surface area contributed by atoms with Crippen LogP contribution >= 0.6 is 0 Å². The zero-order chi connectivity index (χ0) is 21.0. The number of fused-ring (bicyclic) bond motifs is 3. The first-order valence-electron chi connectivity index (χ1n) is 9.51. The lowest BCUT2D eigenvalue weighted by Gasteiger charge is -2.19. The number of para-hydroxylation sites is 1. The van der Waals surface area contributed by atoms with Crippen LogP contribution in [-0.4, -0.2) is 45.6 Å². The van der Waals surface area contributed by atoms with E-state index in [1.165, 1.54) is 12.0 Å². The van der Waals surface area contributed by atoms with Gasteiger partial charge in [0.05, 0.1) is 34.8 Å². The minimum absolute atomic E-state index is 0.129. The number of rotatable bonds is 4. The van der Waals surface area contributed by atoms with Crippen LogP contribution < -0.4 is 10.4 Å². The Morgan fingerprint density at radius 3 is 2.83 bits per heavy atom. The van der Waals surface area contributed by atoms with Crippen molar-refractivity contribution < 1.29 is 14.4 Å². The molecule has 9 nitrogen and oxygen atoms in total. The lowest BCUT2D eigenvalue weighted by Crippen LogP contribution is -2.42. The van der Waals surface area contributed by atoms with Gasteiger partial charge in [0.2, 0.25) is 5.91 Å². The second-order valence-electron chi connectivity index (χ2n) is 7.84. The highest BCUT2D eigenvalue weighted by Crippen LogP contribution is 2.43. The van der Waals surface area contributed by atoms with Crippen LogP contribution in [0.15, 0.2) is 36.4 Å². The number of amides is 2. The van der Waals surface area contributed by atoms with Crippen LogP contribution in [0.2, 0.25) is 0 Å². The quantitative estimate of drug-likeness (QED) is 0.452. The average Bonchev–Trinajstić information content (AvgIpc) is 3.37. The van der Waals surface area contributed by atoms with E-state index in [2.05, 4.69) is 25.5 Å². The highest BCUT2D eigenvalue weighted by molar-refractivity contribution is 6.11. The predicted octanol–water partition coefficient (Wildman–Crippen LogP) is 2.41. The van der Waals surface area contributed by atoms with Gasteiger partial charge in [0.1, 0.15) is 12.2 Å². The van der Waals surface area contributed by atoms with Gasteiger partial charge in [-0.1, -0.05) is 18.2 Å². The summed E-state index contributed by atoms with van der Waals surface area (Å²) >= 11 is 0. The number of hydrogen-bond acceptors (Lipinski definition) is 5. The largest absolute Gasteiger partial charge is 0.337 e. The van der Waals surface area contributed by atoms with Gasteiger partial charge in [-0.25, -0.2) is 10.5 Å². The van der Waals surface area contributed by atoms with Crippen molar-refractivity contribution in [3.05, 3.63) is 42.0 Å². The number of aromatic nitrogens is 4. The number of nitrogens with zero attached hydrogens (tertiary/aromatic N) is 3. The third kappa shape index (κ3) is 2.59. The van der Waals surface area contributed by atoms with E-state index in [9.17, 15) is 9.59 Å². The maximum atomic E-state index is 13.0. The van der Waals surface area contributed by atoms with Crippen LogP contribution in [0.5, 0.6) is 0 Å². The maximum absolute atomic E-state index is 13.0. The van der Waals surface area contributed by atoms with E-state index >= 15 is 0 Å². The van der Waals surface area contributed by atoms with Crippen LogP contribution in [0.1, 0.15) is 19.4 Å². The van der Waals surface area contributed by atoms with E-state index in [1.54, 1.807) is 0 Å². The molecule has 0 bridgehead atoms. The molecule has 152 valence electrons. The number of benzene rings is 2. The first-order valence-corrected chi connectivity index (χ1v) is 9.51. The van der Waals surface area contributed by atoms with Crippen LogP contribution in [-0.2, 0) is 19.8 Å². The second kappa shape index (κ2) is 6.39. The molecule has 0 fully saturated rings. The molecule has 9 heteroatoms. The summed E-state index contributed by atoms with van der Waals surface area (Å²) in [5.74, 6) is 0.0918. The fourth-order valence-electron chi connectivity index (χ4n) is 4.03. The Labute approximate surface area is 171 Å². The third-order valence-corrected chi connectivity index (χ3v) is 5.56.